The van der Waals surface area contributed by atoms with E-state index >= 15 is 0 Å². The number of aryl methyl sites for hydroxylation is 1. The van der Waals surface area contributed by atoms with Crippen LogP contribution in [0.5, 0.6) is 0 Å². The van der Waals surface area contributed by atoms with E-state index in [9.17, 15) is 0 Å². The van der Waals surface area contributed by atoms with Crippen molar-refractivity contribution < 1.29 is 0 Å². The lowest BCUT2D eigenvalue weighted by Crippen LogP contribution is -2.09. The predicted octanol–water partition coefficient (Wildman–Crippen LogP) is 3.54. The van der Waals surface area contributed by atoms with Crippen molar-refractivity contribution in [2.75, 3.05) is 11.9 Å². The zero-order chi connectivity index (χ0) is 12.0. The molecule has 0 aromatic carbocycles. The Morgan fingerprint density at radius 2 is 2.12 bits per heavy atom. The molecule has 0 bridgehead atoms. The van der Waals surface area contributed by atoms with Gasteiger partial charge in [-0.05, 0) is 24.8 Å². The average Bonchev–Trinajstić information content (AvgIpc) is 2.16. The molecule has 1 heterocycles. The summed E-state index contributed by atoms with van der Waals surface area (Å²) in [6.07, 6.45) is 3.12. The van der Waals surface area contributed by atoms with E-state index in [-0.39, 0.29) is 0 Å². The van der Waals surface area contributed by atoms with E-state index < -0.39 is 0 Å². The summed E-state index contributed by atoms with van der Waals surface area (Å²) in [7, 11) is 0. The minimum absolute atomic E-state index is 0.519. The topological polar surface area (TPSA) is 37.8 Å². The summed E-state index contributed by atoms with van der Waals surface area (Å²) in [5.41, 5.74) is 1.01. The summed E-state index contributed by atoms with van der Waals surface area (Å²) in [4.78, 5) is 8.57. The number of halogens is 1. The van der Waals surface area contributed by atoms with Gasteiger partial charge in [-0.25, -0.2) is 9.97 Å². The fraction of sp³-hybridized carbons (Fsp3) is 0.667. The maximum atomic E-state index is 5.94. The third-order valence-electron chi connectivity index (χ3n) is 2.26. The highest BCUT2D eigenvalue weighted by molar-refractivity contribution is 6.29. The van der Waals surface area contributed by atoms with Gasteiger partial charge in [-0.15, -0.1) is 0 Å². The minimum atomic E-state index is 0.519. The summed E-state index contributed by atoms with van der Waals surface area (Å²) in [6, 6.07) is 1.83. The van der Waals surface area contributed by atoms with Gasteiger partial charge in [0.05, 0.1) is 0 Å². The minimum Gasteiger partial charge on any atom is -0.354 e. The molecule has 0 saturated carbocycles. The molecule has 16 heavy (non-hydrogen) atoms. The van der Waals surface area contributed by atoms with Crippen molar-refractivity contribution in [2.45, 2.75) is 40.0 Å². The number of aromatic nitrogens is 2. The number of nitrogens with one attached hydrogen (secondary N) is 1. The Hall–Kier alpha value is -0.830. The molecule has 0 aliphatic heterocycles. The van der Waals surface area contributed by atoms with Crippen molar-refractivity contribution in [2.24, 2.45) is 5.92 Å². The highest BCUT2D eigenvalue weighted by Crippen LogP contribution is 2.12. The van der Waals surface area contributed by atoms with Crippen LogP contribution in [0, 0.1) is 5.92 Å². The van der Waals surface area contributed by atoms with Crippen LogP contribution in [0.4, 0.5) is 5.95 Å². The van der Waals surface area contributed by atoms with E-state index in [0.29, 0.717) is 17.0 Å². The largest absolute Gasteiger partial charge is 0.354 e. The van der Waals surface area contributed by atoms with Crippen LogP contribution in [0.3, 0.4) is 0 Å². The number of anilines is 1. The van der Waals surface area contributed by atoms with Crippen LogP contribution in [-0.4, -0.2) is 16.5 Å². The first-order valence-corrected chi connectivity index (χ1v) is 6.27. The lowest BCUT2D eigenvalue weighted by molar-refractivity contribution is 0.605. The smallest absolute Gasteiger partial charge is 0.224 e. The van der Waals surface area contributed by atoms with E-state index in [1.165, 1.54) is 0 Å². The van der Waals surface area contributed by atoms with Crippen LogP contribution < -0.4 is 5.32 Å². The van der Waals surface area contributed by atoms with E-state index in [0.717, 1.165) is 31.5 Å². The second-order valence-corrected chi connectivity index (χ2v) is 4.75. The maximum Gasteiger partial charge on any atom is 0.224 e. The standard InChI is InChI=1S/C12H20ClN3/c1-4-5-10-8-11(13)16-12(15-10)14-7-6-9(2)3/h8-9H,4-7H2,1-3H3,(H,14,15,16). The Kier molecular flexibility index (Phi) is 5.53. The van der Waals surface area contributed by atoms with E-state index in [1.807, 2.05) is 6.07 Å². The molecule has 0 spiro atoms. The average molecular weight is 242 g/mol. The SMILES string of the molecule is CCCc1cc(Cl)nc(NCCC(C)C)n1. The number of hydrogen-bond donors (Lipinski definition) is 1. The summed E-state index contributed by atoms with van der Waals surface area (Å²) < 4.78 is 0. The summed E-state index contributed by atoms with van der Waals surface area (Å²) in [6.45, 7) is 7.41. The van der Waals surface area contributed by atoms with Gasteiger partial charge in [0.1, 0.15) is 5.15 Å². The van der Waals surface area contributed by atoms with Crippen LogP contribution in [-0.2, 0) is 6.42 Å². The molecule has 0 aliphatic carbocycles. The van der Waals surface area contributed by atoms with Crippen LogP contribution in [0.2, 0.25) is 5.15 Å². The second kappa shape index (κ2) is 6.69. The molecule has 4 heteroatoms. The molecular weight excluding hydrogens is 222 g/mol. The molecule has 0 amide bonds. The predicted molar refractivity (Wildman–Crippen MR) is 69.0 cm³/mol. The number of nitrogens with zero attached hydrogens (tertiary/aromatic N) is 2. The van der Waals surface area contributed by atoms with Crippen molar-refractivity contribution in [1.29, 1.82) is 0 Å². The monoisotopic (exact) mass is 241 g/mol. The van der Waals surface area contributed by atoms with Crippen molar-refractivity contribution in [3.8, 4) is 0 Å². The highest BCUT2D eigenvalue weighted by atomic mass is 35.5. The van der Waals surface area contributed by atoms with E-state index in [1.54, 1.807) is 0 Å². The van der Waals surface area contributed by atoms with Gasteiger partial charge in [0.2, 0.25) is 5.95 Å². The van der Waals surface area contributed by atoms with E-state index in [4.69, 9.17) is 11.6 Å². The van der Waals surface area contributed by atoms with Crippen LogP contribution in [0.25, 0.3) is 0 Å². The third-order valence-corrected chi connectivity index (χ3v) is 2.45. The van der Waals surface area contributed by atoms with Gasteiger partial charge < -0.3 is 5.32 Å². The first-order valence-electron chi connectivity index (χ1n) is 5.89. The van der Waals surface area contributed by atoms with Gasteiger partial charge in [0.15, 0.2) is 0 Å². The molecule has 0 saturated heterocycles. The molecule has 1 aromatic heterocycles. The molecule has 0 aliphatic rings. The fourth-order valence-corrected chi connectivity index (χ4v) is 1.61. The molecule has 3 nitrogen and oxygen atoms in total. The Labute approximate surface area is 103 Å². The normalized spacial score (nSPS) is 10.8. The molecule has 1 aromatic rings. The zero-order valence-corrected chi connectivity index (χ0v) is 11.0. The quantitative estimate of drug-likeness (QED) is 0.775. The zero-order valence-electron chi connectivity index (χ0n) is 10.3. The van der Waals surface area contributed by atoms with Gasteiger partial charge in [-0.3, -0.25) is 0 Å². The van der Waals surface area contributed by atoms with Crippen molar-refractivity contribution in [1.82, 2.24) is 9.97 Å². The van der Waals surface area contributed by atoms with Gasteiger partial charge in [0, 0.05) is 12.2 Å². The summed E-state index contributed by atoms with van der Waals surface area (Å²) in [5.74, 6) is 1.33. The molecule has 0 unspecified atom stereocenters. The Balaban J connectivity index is 2.58. The maximum absolute atomic E-state index is 5.94. The number of hydrogen-bond acceptors (Lipinski definition) is 3. The summed E-state index contributed by atoms with van der Waals surface area (Å²) in [5, 5.41) is 3.73. The first-order chi connectivity index (χ1) is 7.61. The van der Waals surface area contributed by atoms with Crippen LogP contribution in [0.1, 0.15) is 39.3 Å². The highest BCUT2D eigenvalue weighted by Gasteiger charge is 2.02. The van der Waals surface area contributed by atoms with Gasteiger partial charge in [-0.1, -0.05) is 38.8 Å². The fourth-order valence-electron chi connectivity index (χ4n) is 1.40. The van der Waals surface area contributed by atoms with Crippen molar-refractivity contribution in [3.05, 3.63) is 16.9 Å². The second-order valence-electron chi connectivity index (χ2n) is 4.36. The lowest BCUT2D eigenvalue weighted by atomic mass is 10.1. The molecule has 1 rings (SSSR count). The Morgan fingerprint density at radius 1 is 1.38 bits per heavy atom. The van der Waals surface area contributed by atoms with Crippen molar-refractivity contribution >= 4 is 17.5 Å². The Bertz CT molecular complexity index is 326. The van der Waals surface area contributed by atoms with Crippen molar-refractivity contribution in [3.63, 3.8) is 0 Å². The first kappa shape index (κ1) is 13.2. The van der Waals surface area contributed by atoms with Crippen LogP contribution in [0.15, 0.2) is 6.07 Å². The number of rotatable bonds is 6. The lowest BCUT2D eigenvalue weighted by Gasteiger charge is -2.08. The van der Waals surface area contributed by atoms with Crippen LogP contribution >= 0.6 is 11.6 Å². The molecule has 0 fully saturated rings. The molecule has 90 valence electrons. The third kappa shape index (κ3) is 4.79. The van der Waals surface area contributed by atoms with Gasteiger partial charge >= 0.3 is 0 Å². The molecular formula is C12H20ClN3. The van der Waals surface area contributed by atoms with E-state index in [2.05, 4.69) is 36.1 Å². The molecule has 1 N–H and O–H groups in total. The Morgan fingerprint density at radius 3 is 2.75 bits per heavy atom. The molecule has 0 atom stereocenters. The van der Waals surface area contributed by atoms with Gasteiger partial charge in [-0.2, -0.15) is 0 Å². The molecule has 0 radical (unpaired) electrons. The van der Waals surface area contributed by atoms with Gasteiger partial charge in [0.25, 0.3) is 0 Å². The summed E-state index contributed by atoms with van der Waals surface area (Å²) >= 11 is 5.94.